The van der Waals surface area contributed by atoms with Crippen molar-refractivity contribution in [2.24, 2.45) is 15.7 Å². The van der Waals surface area contributed by atoms with Crippen molar-refractivity contribution in [1.82, 2.24) is 0 Å². The SMILES string of the molecule is CC(C)(C)C(=N[S+]([O-])C(C)(C)C)c1ccc(F)c(OCC2CC2)c1. The largest absolute Gasteiger partial charge is 0.591 e. The van der Waals surface area contributed by atoms with Gasteiger partial charge >= 0.3 is 0 Å². The molecule has 1 aromatic rings. The Kier molecular flexibility index (Phi) is 5.65. The quantitative estimate of drug-likeness (QED) is 0.557. The average molecular weight is 354 g/mol. The summed E-state index contributed by atoms with van der Waals surface area (Å²) in [6.07, 6.45) is 2.31. The molecule has 0 spiro atoms. The van der Waals surface area contributed by atoms with Gasteiger partial charge in [0.2, 0.25) is 0 Å². The summed E-state index contributed by atoms with van der Waals surface area (Å²) in [5.41, 5.74) is 1.14. The van der Waals surface area contributed by atoms with Crippen molar-refractivity contribution in [2.45, 2.75) is 59.1 Å². The van der Waals surface area contributed by atoms with Gasteiger partial charge < -0.3 is 9.29 Å². The first-order chi connectivity index (χ1) is 11.0. The molecule has 1 aromatic carbocycles. The van der Waals surface area contributed by atoms with E-state index in [0.717, 1.165) is 18.4 Å². The van der Waals surface area contributed by atoms with E-state index in [1.54, 1.807) is 12.1 Å². The fourth-order valence-electron chi connectivity index (χ4n) is 2.10. The van der Waals surface area contributed by atoms with Crippen LogP contribution in [0, 0.1) is 17.2 Å². The molecular formula is C19H28FNO2S. The van der Waals surface area contributed by atoms with Crippen LogP contribution in [0.5, 0.6) is 5.75 Å². The van der Waals surface area contributed by atoms with E-state index in [4.69, 9.17) is 4.74 Å². The highest BCUT2D eigenvalue weighted by Gasteiger charge is 2.31. The minimum atomic E-state index is -1.37. The van der Waals surface area contributed by atoms with Gasteiger partial charge in [0.05, 0.1) is 6.61 Å². The van der Waals surface area contributed by atoms with E-state index >= 15 is 0 Å². The van der Waals surface area contributed by atoms with Crippen molar-refractivity contribution in [2.75, 3.05) is 6.61 Å². The molecule has 0 heterocycles. The lowest BCUT2D eigenvalue weighted by atomic mass is 9.85. The highest BCUT2D eigenvalue weighted by molar-refractivity contribution is 7.91. The Morgan fingerprint density at radius 3 is 2.38 bits per heavy atom. The molecule has 5 heteroatoms. The van der Waals surface area contributed by atoms with Crippen LogP contribution >= 0.6 is 0 Å². The number of hydrogen-bond donors (Lipinski definition) is 0. The molecule has 1 aliphatic carbocycles. The molecule has 134 valence electrons. The first-order valence-electron chi connectivity index (χ1n) is 8.42. The minimum absolute atomic E-state index is 0.248. The maximum atomic E-state index is 14.0. The first-order valence-corrected chi connectivity index (χ1v) is 9.53. The highest BCUT2D eigenvalue weighted by Crippen LogP contribution is 2.32. The van der Waals surface area contributed by atoms with Crippen molar-refractivity contribution >= 4 is 17.1 Å². The van der Waals surface area contributed by atoms with E-state index in [2.05, 4.69) is 4.40 Å². The maximum absolute atomic E-state index is 14.0. The van der Waals surface area contributed by atoms with Gasteiger partial charge in [0.1, 0.15) is 21.8 Å². The summed E-state index contributed by atoms with van der Waals surface area (Å²) in [4.78, 5) is 0. The van der Waals surface area contributed by atoms with Crippen LogP contribution < -0.4 is 4.74 Å². The molecule has 0 aliphatic heterocycles. The summed E-state index contributed by atoms with van der Waals surface area (Å²) in [5.74, 6) is 0.430. The summed E-state index contributed by atoms with van der Waals surface area (Å²) in [6, 6.07) is 4.77. The van der Waals surface area contributed by atoms with Crippen LogP contribution in [-0.2, 0) is 11.4 Å². The van der Waals surface area contributed by atoms with Gasteiger partial charge in [-0.15, -0.1) is 0 Å². The van der Waals surface area contributed by atoms with Crippen LogP contribution in [0.2, 0.25) is 0 Å². The Morgan fingerprint density at radius 1 is 1.25 bits per heavy atom. The minimum Gasteiger partial charge on any atom is -0.591 e. The van der Waals surface area contributed by atoms with Gasteiger partial charge in [-0.25, -0.2) is 4.39 Å². The van der Waals surface area contributed by atoms with E-state index in [1.165, 1.54) is 6.07 Å². The van der Waals surface area contributed by atoms with Crippen LogP contribution in [0.25, 0.3) is 0 Å². The molecule has 0 saturated heterocycles. The maximum Gasteiger partial charge on any atom is 0.165 e. The summed E-state index contributed by atoms with van der Waals surface area (Å²) in [6.45, 7) is 12.3. The molecule has 1 atom stereocenters. The van der Waals surface area contributed by atoms with Gasteiger partial charge in [0.25, 0.3) is 0 Å². The smallest absolute Gasteiger partial charge is 0.165 e. The van der Waals surface area contributed by atoms with E-state index < -0.39 is 16.1 Å². The number of halogens is 1. The van der Waals surface area contributed by atoms with Crippen molar-refractivity contribution in [3.63, 3.8) is 0 Å². The third-order valence-electron chi connectivity index (χ3n) is 3.78. The molecule has 0 N–H and O–H groups in total. The topological polar surface area (TPSA) is 44.7 Å². The standard InChI is InChI=1S/C19H28FNO2S/c1-18(2,3)17(21-24(22)19(4,5)6)14-9-10-15(20)16(11-14)23-12-13-7-8-13/h9-11,13H,7-8,12H2,1-6H3. The second-order valence-electron chi connectivity index (χ2n) is 8.45. The predicted octanol–water partition coefficient (Wildman–Crippen LogP) is 4.91. The van der Waals surface area contributed by atoms with E-state index in [1.807, 2.05) is 41.5 Å². The molecule has 0 radical (unpaired) electrons. The number of hydrogen-bond acceptors (Lipinski definition) is 3. The zero-order valence-corrected chi connectivity index (χ0v) is 16.3. The molecule has 0 bridgehead atoms. The lowest BCUT2D eigenvalue weighted by Gasteiger charge is -2.25. The first kappa shape index (κ1) is 19.3. The molecular weight excluding hydrogens is 325 g/mol. The van der Waals surface area contributed by atoms with Crippen LogP contribution in [-0.4, -0.2) is 21.6 Å². The molecule has 1 fully saturated rings. The van der Waals surface area contributed by atoms with E-state index in [0.29, 0.717) is 18.2 Å². The number of benzene rings is 1. The van der Waals surface area contributed by atoms with Crippen LogP contribution in [0.1, 0.15) is 59.9 Å². The fourth-order valence-corrected chi connectivity index (χ4v) is 2.91. The molecule has 1 aliphatic rings. The average Bonchev–Trinajstić information content (AvgIpc) is 3.25. The Morgan fingerprint density at radius 2 is 1.88 bits per heavy atom. The molecule has 24 heavy (non-hydrogen) atoms. The van der Waals surface area contributed by atoms with Crippen LogP contribution in [0.4, 0.5) is 4.39 Å². The highest BCUT2D eigenvalue weighted by atomic mass is 32.2. The Bertz CT molecular complexity index is 613. The lowest BCUT2D eigenvalue weighted by Crippen LogP contribution is -2.30. The predicted molar refractivity (Wildman–Crippen MR) is 98.5 cm³/mol. The fraction of sp³-hybridized carbons (Fsp3) is 0.632. The molecule has 3 nitrogen and oxygen atoms in total. The van der Waals surface area contributed by atoms with Crippen molar-refractivity contribution in [1.29, 1.82) is 0 Å². The second-order valence-corrected chi connectivity index (χ2v) is 10.4. The number of nitrogens with zero attached hydrogens (tertiary/aromatic N) is 1. The van der Waals surface area contributed by atoms with Gasteiger partial charge in [-0.1, -0.05) is 25.2 Å². The summed E-state index contributed by atoms with van der Waals surface area (Å²) < 4.78 is 36.2. The summed E-state index contributed by atoms with van der Waals surface area (Å²) in [5, 5.41) is 0. The molecule has 1 unspecified atom stereocenters. The Labute approximate surface area is 148 Å². The molecule has 2 rings (SSSR count). The summed E-state index contributed by atoms with van der Waals surface area (Å²) in [7, 11) is 0. The monoisotopic (exact) mass is 353 g/mol. The number of rotatable bonds is 5. The zero-order chi connectivity index (χ0) is 18.1. The van der Waals surface area contributed by atoms with Crippen molar-refractivity contribution in [3.8, 4) is 5.75 Å². The van der Waals surface area contributed by atoms with Gasteiger partial charge in [0, 0.05) is 11.0 Å². The summed E-state index contributed by atoms with van der Waals surface area (Å²) >= 11 is -1.37. The second kappa shape index (κ2) is 7.04. The van der Waals surface area contributed by atoms with E-state index in [-0.39, 0.29) is 17.0 Å². The number of ether oxygens (including phenoxy) is 1. The Hall–Kier alpha value is -1.07. The van der Waals surface area contributed by atoms with Crippen molar-refractivity contribution < 1.29 is 13.7 Å². The third-order valence-corrected chi connectivity index (χ3v) is 5.18. The van der Waals surface area contributed by atoms with Crippen molar-refractivity contribution in [3.05, 3.63) is 29.6 Å². The van der Waals surface area contributed by atoms with Crippen LogP contribution in [0.15, 0.2) is 22.6 Å². The molecule has 0 amide bonds. The zero-order valence-electron chi connectivity index (χ0n) is 15.5. The normalized spacial score (nSPS) is 17.8. The third kappa shape index (κ3) is 5.21. The molecule has 1 saturated carbocycles. The molecule has 0 aromatic heterocycles. The lowest BCUT2D eigenvalue weighted by molar-refractivity contribution is 0.285. The van der Waals surface area contributed by atoms with Gasteiger partial charge in [0.15, 0.2) is 11.6 Å². The van der Waals surface area contributed by atoms with Gasteiger partial charge in [-0.2, -0.15) is 0 Å². The van der Waals surface area contributed by atoms with Crippen LogP contribution in [0.3, 0.4) is 0 Å². The Balaban J connectivity index is 2.35. The van der Waals surface area contributed by atoms with E-state index in [9.17, 15) is 8.94 Å². The van der Waals surface area contributed by atoms with Gasteiger partial charge in [-0.05, 0) is 57.7 Å². The van der Waals surface area contributed by atoms with Gasteiger partial charge in [-0.3, -0.25) is 0 Å².